The van der Waals surface area contributed by atoms with Gasteiger partial charge < -0.3 is 10.2 Å². The third kappa shape index (κ3) is 1.38. The van der Waals surface area contributed by atoms with E-state index < -0.39 is 5.54 Å². The van der Waals surface area contributed by atoms with Crippen molar-refractivity contribution in [3.63, 3.8) is 0 Å². The molecule has 0 bridgehead atoms. The van der Waals surface area contributed by atoms with Crippen LogP contribution >= 0.6 is 0 Å². The maximum absolute atomic E-state index is 14.1. The number of para-hydroxylation sites is 1. The van der Waals surface area contributed by atoms with Gasteiger partial charge in [-0.25, -0.2) is 4.39 Å². The molecule has 1 saturated carbocycles. The molecule has 1 heterocycles. The zero-order chi connectivity index (χ0) is 12.8. The number of hydrogen-bond donors (Lipinski definition) is 1. The van der Waals surface area contributed by atoms with E-state index in [-0.39, 0.29) is 11.7 Å². The number of benzene rings is 1. The van der Waals surface area contributed by atoms with E-state index in [1.165, 1.54) is 6.07 Å². The second kappa shape index (κ2) is 3.97. The first-order valence-corrected chi connectivity index (χ1v) is 6.56. The molecule has 0 atom stereocenters. The van der Waals surface area contributed by atoms with Crippen LogP contribution in [0.25, 0.3) is 0 Å². The average molecular weight is 248 g/mol. The lowest BCUT2D eigenvalue weighted by Gasteiger charge is -2.45. The Bertz CT molecular complexity index is 495. The number of nitrogens with zero attached hydrogens (tertiary/aromatic N) is 1. The minimum absolute atomic E-state index is 0.0277. The van der Waals surface area contributed by atoms with E-state index in [1.54, 1.807) is 12.1 Å². The summed E-state index contributed by atoms with van der Waals surface area (Å²) in [5, 5.41) is 2.88. The normalized spacial score (nSPS) is 21.0. The standard InChI is InChI=1S/C14H17FN2O/c1-2-17-12-10(15)6-5-7-11(12)16-13(18)14(17)8-3-4-9-14/h5-7H,2-4,8-9H2,1H3,(H,16,18). The number of amides is 1. The number of fused-ring (bicyclic) bond motifs is 1. The first-order chi connectivity index (χ1) is 8.69. The minimum atomic E-state index is -0.524. The molecule has 1 aliphatic heterocycles. The quantitative estimate of drug-likeness (QED) is 0.828. The van der Waals surface area contributed by atoms with Crippen LogP contribution in [0.3, 0.4) is 0 Å². The lowest BCUT2D eigenvalue weighted by atomic mass is 9.90. The fourth-order valence-electron chi connectivity index (χ4n) is 3.38. The zero-order valence-electron chi connectivity index (χ0n) is 10.5. The van der Waals surface area contributed by atoms with Gasteiger partial charge in [-0.1, -0.05) is 18.9 Å². The molecular weight excluding hydrogens is 231 g/mol. The highest BCUT2D eigenvalue weighted by molar-refractivity contribution is 6.07. The molecule has 18 heavy (non-hydrogen) atoms. The molecule has 96 valence electrons. The van der Waals surface area contributed by atoms with E-state index >= 15 is 0 Å². The first kappa shape index (κ1) is 11.5. The highest BCUT2D eigenvalue weighted by atomic mass is 19.1. The maximum Gasteiger partial charge on any atom is 0.250 e. The molecular formula is C14H17FN2O. The number of hydrogen-bond acceptors (Lipinski definition) is 2. The highest BCUT2D eigenvalue weighted by Crippen LogP contribution is 2.45. The van der Waals surface area contributed by atoms with Crippen LogP contribution in [-0.2, 0) is 4.79 Å². The van der Waals surface area contributed by atoms with Gasteiger partial charge >= 0.3 is 0 Å². The van der Waals surface area contributed by atoms with Crippen LogP contribution in [0.5, 0.6) is 0 Å². The number of carbonyl (C=O) groups is 1. The van der Waals surface area contributed by atoms with Gasteiger partial charge in [-0.3, -0.25) is 4.79 Å². The largest absolute Gasteiger partial charge is 0.353 e. The van der Waals surface area contributed by atoms with Gasteiger partial charge in [0, 0.05) is 6.54 Å². The van der Waals surface area contributed by atoms with Crippen LogP contribution in [0.4, 0.5) is 15.8 Å². The number of carbonyl (C=O) groups excluding carboxylic acids is 1. The fourth-order valence-corrected chi connectivity index (χ4v) is 3.38. The molecule has 1 N–H and O–H groups in total. The summed E-state index contributed by atoms with van der Waals surface area (Å²) in [5.74, 6) is -0.222. The van der Waals surface area contributed by atoms with Gasteiger partial charge in [0.1, 0.15) is 11.4 Å². The molecule has 0 unspecified atom stereocenters. The van der Waals surface area contributed by atoms with Crippen LogP contribution in [0, 0.1) is 5.82 Å². The van der Waals surface area contributed by atoms with Crippen molar-refractivity contribution in [2.75, 3.05) is 16.8 Å². The second-order valence-corrected chi connectivity index (χ2v) is 5.07. The van der Waals surface area contributed by atoms with Crippen molar-refractivity contribution in [2.24, 2.45) is 0 Å². The van der Waals surface area contributed by atoms with Crippen molar-refractivity contribution in [3.8, 4) is 0 Å². The Morgan fingerprint density at radius 2 is 2.11 bits per heavy atom. The molecule has 1 amide bonds. The predicted molar refractivity (Wildman–Crippen MR) is 69.2 cm³/mol. The summed E-state index contributed by atoms with van der Waals surface area (Å²) in [6, 6.07) is 4.86. The zero-order valence-corrected chi connectivity index (χ0v) is 10.5. The summed E-state index contributed by atoms with van der Waals surface area (Å²) in [6.07, 6.45) is 3.71. The van der Waals surface area contributed by atoms with E-state index in [0.29, 0.717) is 17.9 Å². The molecule has 1 aromatic carbocycles. The average Bonchev–Trinajstić information content (AvgIpc) is 2.83. The monoisotopic (exact) mass is 248 g/mol. The summed E-state index contributed by atoms with van der Waals surface area (Å²) in [4.78, 5) is 14.3. The van der Waals surface area contributed by atoms with Crippen molar-refractivity contribution >= 4 is 17.3 Å². The molecule has 4 heteroatoms. The van der Waals surface area contributed by atoms with Gasteiger partial charge in [-0.05, 0) is 31.9 Å². The van der Waals surface area contributed by atoms with Crippen LogP contribution in [0.1, 0.15) is 32.6 Å². The van der Waals surface area contributed by atoms with E-state index in [2.05, 4.69) is 5.32 Å². The van der Waals surface area contributed by atoms with Crippen LogP contribution in [-0.4, -0.2) is 18.0 Å². The van der Waals surface area contributed by atoms with Crippen molar-refractivity contribution in [3.05, 3.63) is 24.0 Å². The summed E-state index contributed by atoms with van der Waals surface area (Å²) in [7, 11) is 0. The lowest BCUT2D eigenvalue weighted by molar-refractivity contribution is -0.121. The van der Waals surface area contributed by atoms with E-state index in [0.717, 1.165) is 25.7 Å². The Kier molecular flexibility index (Phi) is 2.54. The number of rotatable bonds is 1. The molecule has 1 aromatic rings. The van der Waals surface area contributed by atoms with Crippen molar-refractivity contribution < 1.29 is 9.18 Å². The summed E-state index contributed by atoms with van der Waals surface area (Å²) in [5.41, 5.74) is 0.630. The summed E-state index contributed by atoms with van der Waals surface area (Å²) < 4.78 is 14.1. The smallest absolute Gasteiger partial charge is 0.250 e. The third-order valence-corrected chi connectivity index (χ3v) is 4.19. The van der Waals surface area contributed by atoms with Crippen molar-refractivity contribution in [1.82, 2.24) is 0 Å². The van der Waals surface area contributed by atoms with E-state index in [4.69, 9.17) is 0 Å². The van der Waals surface area contributed by atoms with Gasteiger partial charge in [0.2, 0.25) is 5.91 Å². The molecule has 0 aromatic heterocycles. The van der Waals surface area contributed by atoms with Crippen LogP contribution < -0.4 is 10.2 Å². The second-order valence-electron chi connectivity index (χ2n) is 5.07. The summed E-state index contributed by atoms with van der Waals surface area (Å²) >= 11 is 0. The van der Waals surface area contributed by atoms with Crippen molar-refractivity contribution in [2.45, 2.75) is 38.1 Å². The van der Waals surface area contributed by atoms with Crippen molar-refractivity contribution in [1.29, 1.82) is 0 Å². The van der Waals surface area contributed by atoms with Gasteiger partial charge in [-0.15, -0.1) is 0 Å². The Labute approximate surface area is 106 Å². The minimum Gasteiger partial charge on any atom is -0.353 e. The number of halogens is 1. The molecule has 1 aliphatic carbocycles. The SMILES string of the molecule is CCN1c2c(F)cccc2NC(=O)C12CCCC2. The molecule has 0 saturated heterocycles. The Hall–Kier alpha value is -1.58. The third-order valence-electron chi connectivity index (χ3n) is 4.19. The van der Waals surface area contributed by atoms with Gasteiger partial charge in [0.05, 0.1) is 11.4 Å². The molecule has 1 fully saturated rings. The predicted octanol–water partition coefficient (Wildman–Crippen LogP) is 2.92. The van der Waals surface area contributed by atoms with Gasteiger partial charge in [-0.2, -0.15) is 0 Å². The van der Waals surface area contributed by atoms with Gasteiger partial charge in [0.25, 0.3) is 0 Å². The Morgan fingerprint density at radius 3 is 2.78 bits per heavy atom. The fraction of sp³-hybridized carbons (Fsp3) is 0.500. The number of nitrogens with one attached hydrogen (secondary N) is 1. The molecule has 2 aliphatic rings. The number of likely N-dealkylation sites (N-methyl/N-ethyl adjacent to an activating group) is 1. The lowest BCUT2D eigenvalue weighted by Crippen LogP contribution is -2.58. The maximum atomic E-state index is 14.1. The van der Waals surface area contributed by atoms with Gasteiger partial charge in [0.15, 0.2) is 0 Å². The highest BCUT2D eigenvalue weighted by Gasteiger charge is 2.49. The van der Waals surface area contributed by atoms with E-state index in [1.807, 2.05) is 11.8 Å². The topological polar surface area (TPSA) is 32.3 Å². The molecule has 3 rings (SSSR count). The Balaban J connectivity index is 2.17. The van der Waals surface area contributed by atoms with Crippen LogP contribution in [0.15, 0.2) is 18.2 Å². The number of anilines is 2. The Morgan fingerprint density at radius 1 is 1.39 bits per heavy atom. The molecule has 1 spiro atoms. The summed E-state index contributed by atoms with van der Waals surface area (Å²) in [6.45, 7) is 2.64. The van der Waals surface area contributed by atoms with Crippen LogP contribution in [0.2, 0.25) is 0 Å². The first-order valence-electron chi connectivity index (χ1n) is 6.56. The molecule has 3 nitrogen and oxygen atoms in total. The van der Waals surface area contributed by atoms with E-state index in [9.17, 15) is 9.18 Å². The molecule has 0 radical (unpaired) electrons.